The Hall–Kier alpha value is -5.51. The molecule has 0 saturated carbocycles. The fourth-order valence-electron chi connectivity index (χ4n) is 6.62. The van der Waals surface area contributed by atoms with Gasteiger partial charge in [0.2, 0.25) is 5.91 Å². The summed E-state index contributed by atoms with van der Waals surface area (Å²) in [6.45, 7) is 5.95. The van der Waals surface area contributed by atoms with Crippen LogP contribution in [0.3, 0.4) is 0 Å². The summed E-state index contributed by atoms with van der Waals surface area (Å²) in [6.07, 6.45) is 4.69. The molecule has 1 heterocycles. The molecule has 5 N–H and O–H groups in total. The van der Waals surface area contributed by atoms with Crippen molar-refractivity contribution in [3.63, 3.8) is 0 Å². The van der Waals surface area contributed by atoms with Gasteiger partial charge in [0, 0.05) is 36.6 Å². The number of aromatic nitrogens is 2. The van der Waals surface area contributed by atoms with Gasteiger partial charge in [-0.25, -0.2) is 4.98 Å². The average Bonchev–Trinajstić information content (AvgIpc) is 3.71. The van der Waals surface area contributed by atoms with Gasteiger partial charge in [-0.3, -0.25) is 9.59 Å². The molecule has 0 aliphatic rings. The molecule has 0 spiro atoms. The van der Waals surface area contributed by atoms with Gasteiger partial charge in [0.1, 0.15) is 17.6 Å². The van der Waals surface area contributed by atoms with E-state index in [4.69, 9.17) is 4.74 Å². The highest BCUT2D eigenvalue weighted by atomic mass is 16.5. The molecule has 9 nitrogen and oxygen atoms in total. The van der Waals surface area contributed by atoms with Crippen molar-refractivity contribution >= 4 is 33.4 Å². The van der Waals surface area contributed by atoms with Gasteiger partial charge in [-0.05, 0) is 78.0 Å². The van der Waals surface area contributed by atoms with Gasteiger partial charge in [-0.15, -0.1) is 0 Å². The molecule has 6 aromatic rings. The zero-order valence-electron chi connectivity index (χ0n) is 29.4. The van der Waals surface area contributed by atoms with Crippen LogP contribution in [0.4, 0.5) is 0 Å². The Morgan fingerprint density at radius 2 is 1.51 bits per heavy atom. The van der Waals surface area contributed by atoms with E-state index in [1.165, 1.54) is 0 Å². The lowest BCUT2D eigenvalue weighted by molar-refractivity contribution is -0.123. The Balaban J connectivity index is 1.18. The van der Waals surface area contributed by atoms with Crippen LogP contribution < -0.4 is 26.0 Å². The average molecular weight is 683 g/mol. The number of fused-ring (bicyclic) bond motifs is 2. The minimum absolute atomic E-state index is 0.0292. The van der Waals surface area contributed by atoms with E-state index in [1.54, 1.807) is 13.3 Å². The smallest absolute Gasteiger partial charge is 0.252 e. The van der Waals surface area contributed by atoms with Crippen LogP contribution in [0.5, 0.6) is 5.75 Å². The Kier molecular flexibility index (Phi) is 11.7. The van der Waals surface area contributed by atoms with Gasteiger partial charge >= 0.3 is 0 Å². The van der Waals surface area contributed by atoms with Crippen LogP contribution in [0.15, 0.2) is 116 Å². The SMILES string of the molecule is COc1ccccc1CNCCC[C@H](NC(=O)c1ccc(CNC(C)c2ncc[nH]2)c2ccccc12)C(=O)N[C@@H](C)c1cccc2ccccc12. The van der Waals surface area contributed by atoms with Crippen molar-refractivity contribution in [2.45, 2.75) is 57.9 Å². The molecule has 6 rings (SSSR count). The summed E-state index contributed by atoms with van der Waals surface area (Å²) in [5.74, 6) is 1.20. The number of nitrogens with one attached hydrogen (secondary N) is 5. The summed E-state index contributed by atoms with van der Waals surface area (Å²) in [7, 11) is 1.67. The molecular formula is C42H46N6O3. The molecule has 0 aliphatic carbocycles. The molecule has 262 valence electrons. The molecule has 1 unspecified atom stereocenters. The first kappa shape index (κ1) is 35.3. The number of para-hydroxylation sites is 1. The van der Waals surface area contributed by atoms with Crippen LogP contribution >= 0.6 is 0 Å². The van der Waals surface area contributed by atoms with Crippen molar-refractivity contribution in [2.75, 3.05) is 13.7 Å². The normalized spacial score (nSPS) is 13.1. The maximum Gasteiger partial charge on any atom is 0.252 e. The number of aromatic amines is 1. The summed E-state index contributed by atoms with van der Waals surface area (Å²) in [4.78, 5) is 35.5. The van der Waals surface area contributed by atoms with E-state index in [2.05, 4.69) is 56.4 Å². The van der Waals surface area contributed by atoms with Crippen molar-refractivity contribution in [3.8, 4) is 5.75 Å². The molecule has 0 aliphatic heterocycles. The topological polar surface area (TPSA) is 120 Å². The highest BCUT2D eigenvalue weighted by molar-refractivity contribution is 6.09. The molecule has 51 heavy (non-hydrogen) atoms. The largest absolute Gasteiger partial charge is 0.496 e. The molecule has 0 fully saturated rings. The van der Waals surface area contributed by atoms with Crippen LogP contribution in [-0.2, 0) is 17.9 Å². The summed E-state index contributed by atoms with van der Waals surface area (Å²) in [6, 6.07) is 33.0. The summed E-state index contributed by atoms with van der Waals surface area (Å²) >= 11 is 0. The number of hydrogen-bond acceptors (Lipinski definition) is 6. The Bertz CT molecular complexity index is 2070. The number of hydrogen-bond donors (Lipinski definition) is 5. The monoisotopic (exact) mass is 682 g/mol. The Morgan fingerprint density at radius 1 is 0.765 bits per heavy atom. The summed E-state index contributed by atoms with van der Waals surface area (Å²) in [5.41, 5.74) is 3.69. The minimum atomic E-state index is -0.739. The van der Waals surface area contributed by atoms with Crippen LogP contribution in [0.1, 0.15) is 71.6 Å². The second-order valence-electron chi connectivity index (χ2n) is 12.9. The zero-order valence-corrected chi connectivity index (χ0v) is 29.4. The van der Waals surface area contributed by atoms with E-state index in [-0.39, 0.29) is 23.9 Å². The Morgan fingerprint density at radius 3 is 2.31 bits per heavy atom. The van der Waals surface area contributed by atoms with Crippen LogP contribution in [-0.4, -0.2) is 41.5 Å². The highest BCUT2D eigenvalue weighted by Crippen LogP contribution is 2.26. The molecule has 2 amide bonds. The third-order valence-electron chi connectivity index (χ3n) is 9.41. The first-order chi connectivity index (χ1) is 24.9. The number of H-pyrrole nitrogens is 1. The van der Waals surface area contributed by atoms with Crippen molar-refractivity contribution < 1.29 is 14.3 Å². The molecule has 1 aromatic heterocycles. The van der Waals surface area contributed by atoms with E-state index in [0.29, 0.717) is 38.0 Å². The quantitative estimate of drug-likeness (QED) is 0.0694. The Labute approximate surface area is 299 Å². The lowest BCUT2D eigenvalue weighted by atomic mass is 9.98. The third kappa shape index (κ3) is 8.63. The van der Waals surface area contributed by atoms with E-state index in [0.717, 1.165) is 49.8 Å². The van der Waals surface area contributed by atoms with Crippen LogP contribution in [0.25, 0.3) is 21.5 Å². The lowest BCUT2D eigenvalue weighted by Crippen LogP contribution is -2.47. The van der Waals surface area contributed by atoms with E-state index in [1.807, 2.05) is 98.0 Å². The number of amides is 2. The summed E-state index contributed by atoms with van der Waals surface area (Å²) < 4.78 is 5.49. The second-order valence-corrected chi connectivity index (χ2v) is 12.9. The third-order valence-corrected chi connectivity index (χ3v) is 9.41. The van der Waals surface area contributed by atoms with E-state index < -0.39 is 6.04 Å². The number of imidazole rings is 1. The van der Waals surface area contributed by atoms with Crippen LogP contribution in [0, 0.1) is 0 Å². The molecular weight excluding hydrogens is 637 g/mol. The number of nitrogens with zero attached hydrogens (tertiary/aromatic N) is 1. The number of benzene rings is 5. The van der Waals surface area contributed by atoms with Crippen molar-refractivity contribution in [3.05, 3.63) is 144 Å². The molecule has 3 atom stereocenters. The predicted octanol–water partition coefficient (Wildman–Crippen LogP) is 7.12. The molecule has 0 saturated heterocycles. The fraction of sp³-hybridized carbons (Fsp3) is 0.262. The first-order valence-electron chi connectivity index (χ1n) is 17.6. The number of carbonyl (C=O) groups is 2. The number of ether oxygens (including phenoxy) is 1. The lowest BCUT2D eigenvalue weighted by Gasteiger charge is -2.23. The van der Waals surface area contributed by atoms with E-state index >= 15 is 0 Å². The van der Waals surface area contributed by atoms with E-state index in [9.17, 15) is 9.59 Å². The maximum atomic E-state index is 14.0. The molecule has 5 aromatic carbocycles. The van der Waals surface area contributed by atoms with Gasteiger partial charge < -0.3 is 31.0 Å². The first-order valence-corrected chi connectivity index (χ1v) is 17.6. The second kappa shape index (κ2) is 16.9. The minimum Gasteiger partial charge on any atom is -0.496 e. The van der Waals surface area contributed by atoms with Gasteiger partial charge in [-0.1, -0.05) is 91.0 Å². The maximum absolute atomic E-state index is 14.0. The number of rotatable bonds is 16. The van der Waals surface area contributed by atoms with Crippen molar-refractivity contribution in [1.29, 1.82) is 0 Å². The fourth-order valence-corrected chi connectivity index (χ4v) is 6.62. The van der Waals surface area contributed by atoms with Gasteiger partial charge in [-0.2, -0.15) is 0 Å². The number of methoxy groups -OCH3 is 1. The highest BCUT2D eigenvalue weighted by Gasteiger charge is 2.25. The van der Waals surface area contributed by atoms with Crippen LogP contribution in [0.2, 0.25) is 0 Å². The van der Waals surface area contributed by atoms with Crippen molar-refractivity contribution in [2.24, 2.45) is 0 Å². The number of carbonyl (C=O) groups excluding carboxylic acids is 2. The standard InChI is InChI=1S/C42H46N6O3/c1-28(33-18-10-14-30-12-4-6-15-34(30)33)47-42(50)38(19-11-23-43-26-32-13-5-9-20-39(32)51-3)48-41(49)37-22-21-31(35-16-7-8-17-36(35)37)27-46-29(2)40-44-24-25-45-40/h4-10,12-18,20-22,24-25,28-29,38,43,46H,11,19,23,26-27H2,1-3H3,(H,44,45)(H,47,50)(H,48,49)/t28-,29?,38-/m0/s1. The van der Waals surface area contributed by atoms with Gasteiger partial charge in [0.25, 0.3) is 5.91 Å². The molecule has 0 bridgehead atoms. The zero-order chi connectivity index (χ0) is 35.6. The van der Waals surface area contributed by atoms with Crippen molar-refractivity contribution in [1.82, 2.24) is 31.2 Å². The van der Waals surface area contributed by atoms with Gasteiger partial charge in [0.15, 0.2) is 0 Å². The summed E-state index contributed by atoms with van der Waals surface area (Å²) in [5, 5.41) is 17.3. The van der Waals surface area contributed by atoms with Gasteiger partial charge in [0.05, 0.1) is 19.2 Å². The molecule has 9 heteroatoms. The predicted molar refractivity (Wildman–Crippen MR) is 203 cm³/mol. The molecule has 0 radical (unpaired) electrons.